The molecule has 1 aromatic heterocycles. The molecular weight excluding hydrogens is 456 g/mol. The van der Waals surface area contributed by atoms with Crippen LogP contribution in [-0.4, -0.2) is 40.0 Å². The second kappa shape index (κ2) is 9.51. The third-order valence-corrected chi connectivity index (χ3v) is 5.92. The van der Waals surface area contributed by atoms with E-state index in [0.717, 1.165) is 23.0 Å². The molecule has 0 aliphatic rings. The summed E-state index contributed by atoms with van der Waals surface area (Å²) in [6.07, 6.45) is 0.833. The average Bonchev–Trinajstić information content (AvgIpc) is 2.69. The number of fused-ring (bicyclic) bond motifs is 1. The van der Waals surface area contributed by atoms with Crippen molar-refractivity contribution in [3.8, 4) is 0 Å². The van der Waals surface area contributed by atoms with Gasteiger partial charge in [-0.2, -0.15) is 0 Å². The van der Waals surface area contributed by atoms with Gasteiger partial charge in [-0.3, -0.25) is 19.5 Å². The van der Waals surface area contributed by atoms with Gasteiger partial charge in [0.1, 0.15) is 0 Å². The van der Waals surface area contributed by atoms with Gasteiger partial charge in [0.15, 0.2) is 5.16 Å². The maximum atomic E-state index is 13.1. The number of benzene rings is 2. The van der Waals surface area contributed by atoms with E-state index in [1.165, 1.54) is 23.9 Å². The van der Waals surface area contributed by atoms with Crippen LogP contribution in [0.5, 0.6) is 0 Å². The first-order chi connectivity index (χ1) is 13.8. The van der Waals surface area contributed by atoms with E-state index >= 15 is 0 Å². The van der Waals surface area contributed by atoms with Crippen LogP contribution >= 0.6 is 27.7 Å². The highest BCUT2D eigenvalue weighted by molar-refractivity contribution is 9.10. The third-order valence-electron chi connectivity index (χ3n) is 4.38. The van der Waals surface area contributed by atoms with Gasteiger partial charge in [0.2, 0.25) is 0 Å². The summed E-state index contributed by atoms with van der Waals surface area (Å²) in [6.45, 7) is 1.45. The first-order valence-corrected chi connectivity index (χ1v) is 10.8. The molecular formula is C20H21BrN4O3S. The molecule has 1 heterocycles. The first-order valence-electron chi connectivity index (χ1n) is 9.06. The molecule has 0 amide bonds. The van der Waals surface area contributed by atoms with Crippen LogP contribution in [0.4, 0.5) is 5.69 Å². The highest BCUT2D eigenvalue weighted by Gasteiger charge is 2.13. The van der Waals surface area contributed by atoms with Crippen molar-refractivity contribution in [3.05, 3.63) is 73.0 Å². The van der Waals surface area contributed by atoms with Crippen molar-refractivity contribution in [2.45, 2.75) is 23.9 Å². The molecule has 3 rings (SSSR count). The monoisotopic (exact) mass is 476 g/mol. The van der Waals surface area contributed by atoms with Crippen molar-refractivity contribution in [2.75, 3.05) is 20.6 Å². The van der Waals surface area contributed by atoms with Crippen LogP contribution in [0.3, 0.4) is 0 Å². The fourth-order valence-electron chi connectivity index (χ4n) is 2.89. The Hall–Kier alpha value is -2.23. The number of thioether (sulfide) groups is 1. The minimum absolute atomic E-state index is 0.0544. The van der Waals surface area contributed by atoms with E-state index in [-0.39, 0.29) is 11.2 Å². The van der Waals surface area contributed by atoms with Crippen LogP contribution in [0.15, 0.2) is 56.9 Å². The zero-order valence-corrected chi connectivity index (χ0v) is 18.6. The van der Waals surface area contributed by atoms with Crippen molar-refractivity contribution in [1.29, 1.82) is 0 Å². The zero-order chi connectivity index (χ0) is 21.0. The van der Waals surface area contributed by atoms with Gasteiger partial charge in [0, 0.05) is 28.9 Å². The maximum absolute atomic E-state index is 13.1. The first kappa shape index (κ1) is 21.5. The summed E-state index contributed by atoms with van der Waals surface area (Å²) in [5, 5.41) is 12.1. The predicted molar refractivity (Wildman–Crippen MR) is 120 cm³/mol. The van der Waals surface area contributed by atoms with Crippen LogP contribution in [-0.2, 0) is 12.3 Å². The molecule has 0 radical (unpaired) electrons. The smallest absolute Gasteiger partial charge is 0.269 e. The highest BCUT2D eigenvalue weighted by Crippen LogP contribution is 2.24. The van der Waals surface area contributed by atoms with Crippen LogP contribution in [0.25, 0.3) is 10.9 Å². The standard InChI is InChI=1S/C20H21BrN4O3S/c1-23(2)10-3-11-24-19(26)17-12-15(21)6-9-18(17)22-20(24)29-13-14-4-7-16(8-5-14)25(27)28/h4-9,12H,3,10-11,13H2,1-2H3. The third kappa shape index (κ3) is 5.43. The summed E-state index contributed by atoms with van der Waals surface area (Å²) in [4.78, 5) is 30.3. The van der Waals surface area contributed by atoms with Crippen molar-refractivity contribution in [3.63, 3.8) is 0 Å². The molecule has 0 unspecified atom stereocenters. The van der Waals surface area contributed by atoms with E-state index in [1.54, 1.807) is 22.8 Å². The molecule has 0 saturated carbocycles. The molecule has 29 heavy (non-hydrogen) atoms. The highest BCUT2D eigenvalue weighted by atomic mass is 79.9. The summed E-state index contributed by atoms with van der Waals surface area (Å²) < 4.78 is 2.57. The lowest BCUT2D eigenvalue weighted by molar-refractivity contribution is -0.384. The summed E-state index contributed by atoms with van der Waals surface area (Å²) in [5.41, 5.74) is 1.61. The van der Waals surface area contributed by atoms with Gasteiger partial charge in [-0.15, -0.1) is 0 Å². The largest absolute Gasteiger partial charge is 0.309 e. The number of nitrogens with zero attached hydrogens (tertiary/aromatic N) is 4. The number of hydrogen-bond acceptors (Lipinski definition) is 6. The van der Waals surface area contributed by atoms with Crippen molar-refractivity contribution in [1.82, 2.24) is 14.5 Å². The summed E-state index contributed by atoms with van der Waals surface area (Å²) in [6, 6.07) is 12.0. The van der Waals surface area contributed by atoms with Gasteiger partial charge in [-0.25, -0.2) is 4.98 Å². The van der Waals surface area contributed by atoms with E-state index in [4.69, 9.17) is 4.98 Å². The van der Waals surface area contributed by atoms with Gasteiger partial charge in [0.05, 0.1) is 15.8 Å². The van der Waals surface area contributed by atoms with E-state index < -0.39 is 4.92 Å². The van der Waals surface area contributed by atoms with Gasteiger partial charge in [-0.1, -0.05) is 39.8 Å². The maximum Gasteiger partial charge on any atom is 0.269 e. The predicted octanol–water partition coefficient (Wildman–Crippen LogP) is 4.31. The van der Waals surface area contributed by atoms with Crippen LogP contribution < -0.4 is 5.56 Å². The average molecular weight is 477 g/mol. The Labute approximate surface area is 181 Å². The van der Waals surface area contributed by atoms with Crippen molar-refractivity contribution >= 4 is 44.3 Å². The Morgan fingerprint density at radius 3 is 2.59 bits per heavy atom. The lowest BCUT2D eigenvalue weighted by Crippen LogP contribution is -2.25. The minimum Gasteiger partial charge on any atom is -0.309 e. The van der Waals surface area contributed by atoms with Gasteiger partial charge in [0.25, 0.3) is 11.2 Å². The van der Waals surface area contributed by atoms with Crippen LogP contribution in [0.1, 0.15) is 12.0 Å². The normalized spacial score (nSPS) is 11.3. The molecule has 0 atom stereocenters. The topological polar surface area (TPSA) is 81.3 Å². The molecule has 0 aliphatic carbocycles. The SMILES string of the molecule is CN(C)CCCn1c(SCc2ccc([N+](=O)[O-])cc2)nc2ccc(Br)cc2c1=O. The zero-order valence-electron chi connectivity index (χ0n) is 16.2. The number of non-ortho nitro benzene ring substituents is 1. The van der Waals surface area contributed by atoms with E-state index in [1.807, 2.05) is 26.2 Å². The molecule has 9 heteroatoms. The molecule has 0 N–H and O–H groups in total. The lowest BCUT2D eigenvalue weighted by Gasteiger charge is -2.15. The Morgan fingerprint density at radius 1 is 1.21 bits per heavy atom. The molecule has 7 nitrogen and oxygen atoms in total. The summed E-state index contributed by atoms with van der Waals surface area (Å²) >= 11 is 4.89. The van der Waals surface area contributed by atoms with E-state index in [2.05, 4.69) is 20.8 Å². The quantitative estimate of drug-likeness (QED) is 0.208. The Kier molecular flexibility index (Phi) is 7.05. The summed E-state index contributed by atoms with van der Waals surface area (Å²) in [7, 11) is 4.01. The van der Waals surface area contributed by atoms with Crippen LogP contribution in [0.2, 0.25) is 0 Å². The number of nitro benzene ring substituents is 1. The second-order valence-electron chi connectivity index (χ2n) is 6.88. The number of aromatic nitrogens is 2. The van der Waals surface area contributed by atoms with Crippen molar-refractivity contribution < 1.29 is 4.92 Å². The molecule has 0 spiro atoms. The Bertz CT molecular complexity index is 1080. The van der Waals surface area contributed by atoms with Gasteiger partial charge in [-0.05, 0) is 50.8 Å². The number of hydrogen-bond donors (Lipinski definition) is 0. The number of rotatable bonds is 8. The number of halogens is 1. The molecule has 0 aliphatic heterocycles. The molecule has 2 aromatic carbocycles. The Morgan fingerprint density at radius 2 is 1.93 bits per heavy atom. The molecule has 152 valence electrons. The van der Waals surface area contributed by atoms with Gasteiger partial charge >= 0.3 is 0 Å². The molecule has 0 fully saturated rings. The number of nitro groups is 1. The lowest BCUT2D eigenvalue weighted by atomic mass is 10.2. The fraction of sp³-hybridized carbons (Fsp3) is 0.300. The molecule has 3 aromatic rings. The molecule has 0 saturated heterocycles. The Balaban J connectivity index is 1.90. The van der Waals surface area contributed by atoms with Crippen LogP contribution in [0, 0.1) is 10.1 Å². The second-order valence-corrected chi connectivity index (χ2v) is 8.74. The van der Waals surface area contributed by atoms with E-state index in [9.17, 15) is 14.9 Å². The molecule has 0 bridgehead atoms. The van der Waals surface area contributed by atoms with Crippen molar-refractivity contribution in [2.24, 2.45) is 0 Å². The van der Waals surface area contributed by atoms with Gasteiger partial charge < -0.3 is 4.90 Å². The van der Waals surface area contributed by atoms with E-state index in [0.29, 0.717) is 28.4 Å². The fourth-order valence-corrected chi connectivity index (χ4v) is 4.23. The minimum atomic E-state index is -0.414. The summed E-state index contributed by atoms with van der Waals surface area (Å²) in [5.74, 6) is 0.570.